The van der Waals surface area contributed by atoms with Gasteiger partial charge >= 0.3 is 5.97 Å². The highest BCUT2D eigenvalue weighted by Crippen LogP contribution is 2.01. The minimum absolute atomic E-state index is 0.152. The first-order chi connectivity index (χ1) is 4.04. The predicted molar refractivity (Wildman–Crippen MR) is 31.4 cm³/mol. The minimum atomic E-state index is -1.81. The first kappa shape index (κ1) is 8.39. The highest BCUT2D eigenvalue weighted by atomic mass is 16.5. The van der Waals surface area contributed by atoms with E-state index in [1.54, 1.807) is 6.92 Å². The Morgan fingerprint density at radius 1 is 1.89 bits per heavy atom. The molecule has 1 atom stereocenters. The summed E-state index contributed by atoms with van der Waals surface area (Å²) in [6.45, 7) is 1.59. The smallest absolute Gasteiger partial charge is 0.353 e. The number of esters is 1. The Bertz CT molecular complexity index is 111. The SMILES string of the molecule is CCC(N)(O)C(=O)OC. The average molecular weight is 133 g/mol. The van der Waals surface area contributed by atoms with Gasteiger partial charge in [0.15, 0.2) is 0 Å². The molecule has 0 radical (unpaired) electrons. The van der Waals surface area contributed by atoms with E-state index in [4.69, 9.17) is 10.8 Å². The van der Waals surface area contributed by atoms with Crippen molar-refractivity contribution in [3.63, 3.8) is 0 Å². The summed E-state index contributed by atoms with van der Waals surface area (Å²) in [5.41, 5.74) is 3.24. The van der Waals surface area contributed by atoms with Gasteiger partial charge < -0.3 is 9.84 Å². The summed E-state index contributed by atoms with van der Waals surface area (Å²) < 4.78 is 4.19. The minimum Gasteiger partial charge on any atom is -0.466 e. The third-order valence-corrected chi connectivity index (χ3v) is 1.08. The number of carbonyl (C=O) groups is 1. The van der Waals surface area contributed by atoms with Crippen LogP contribution in [0.4, 0.5) is 0 Å². The van der Waals surface area contributed by atoms with E-state index in [0.29, 0.717) is 0 Å². The van der Waals surface area contributed by atoms with E-state index in [0.717, 1.165) is 0 Å². The number of rotatable bonds is 2. The Kier molecular flexibility index (Phi) is 2.61. The lowest BCUT2D eigenvalue weighted by molar-refractivity contribution is -0.162. The fourth-order valence-electron chi connectivity index (χ4n) is 0.321. The topological polar surface area (TPSA) is 72.5 Å². The van der Waals surface area contributed by atoms with E-state index in [1.807, 2.05) is 0 Å². The standard InChI is InChI=1S/C5H11NO3/c1-3-5(6,8)4(7)9-2/h8H,3,6H2,1-2H3. The molecular formula is C5H11NO3. The normalized spacial score (nSPS) is 16.4. The summed E-state index contributed by atoms with van der Waals surface area (Å²) in [7, 11) is 1.18. The van der Waals surface area contributed by atoms with Crippen LogP contribution in [0.25, 0.3) is 0 Å². The molecule has 4 nitrogen and oxygen atoms in total. The van der Waals surface area contributed by atoms with Gasteiger partial charge in [-0.05, 0) is 6.42 Å². The van der Waals surface area contributed by atoms with Crippen LogP contribution in [0.1, 0.15) is 13.3 Å². The summed E-state index contributed by atoms with van der Waals surface area (Å²) >= 11 is 0. The molecule has 0 spiro atoms. The van der Waals surface area contributed by atoms with Crippen molar-refractivity contribution in [2.75, 3.05) is 7.11 Å². The Morgan fingerprint density at radius 3 is 2.44 bits per heavy atom. The summed E-state index contributed by atoms with van der Waals surface area (Å²) in [4.78, 5) is 10.5. The Labute approximate surface area is 53.6 Å². The lowest BCUT2D eigenvalue weighted by Crippen LogP contribution is -2.47. The molecular weight excluding hydrogens is 122 g/mol. The van der Waals surface area contributed by atoms with Gasteiger partial charge in [-0.1, -0.05) is 6.92 Å². The van der Waals surface area contributed by atoms with Gasteiger partial charge in [-0.25, -0.2) is 4.79 Å². The number of hydrogen-bond acceptors (Lipinski definition) is 4. The zero-order valence-corrected chi connectivity index (χ0v) is 5.55. The molecule has 54 valence electrons. The van der Waals surface area contributed by atoms with Crippen molar-refractivity contribution < 1.29 is 14.6 Å². The molecule has 0 aliphatic heterocycles. The third-order valence-electron chi connectivity index (χ3n) is 1.08. The summed E-state index contributed by atoms with van der Waals surface area (Å²) in [6, 6.07) is 0. The van der Waals surface area contributed by atoms with Gasteiger partial charge in [0.2, 0.25) is 5.72 Å². The molecule has 0 aliphatic rings. The van der Waals surface area contributed by atoms with E-state index in [2.05, 4.69) is 4.74 Å². The number of methoxy groups -OCH3 is 1. The summed E-state index contributed by atoms with van der Waals surface area (Å²) in [6.07, 6.45) is 0.152. The lowest BCUT2D eigenvalue weighted by atomic mass is 10.2. The van der Waals surface area contributed by atoms with Crippen molar-refractivity contribution in [3.05, 3.63) is 0 Å². The van der Waals surface area contributed by atoms with Gasteiger partial charge in [-0.15, -0.1) is 0 Å². The Hall–Kier alpha value is -0.610. The second-order valence-corrected chi connectivity index (χ2v) is 1.77. The molecule has 0 fully saturated rings. The maximum absolute atomic E-state index is 10.5. The third kappa shape index (κ3) is 1.99. The second-order valence-electron chi connectivity index (χ2n) is 1.77. The molecule has 0 heterocycles. The molecule has 4 heteroatoms. The molecule has 1 unspecified atom stereocenters. The molecule has 0 aromatic heterocycles. The zero-order valence-electron chi connectivity index (χ0n) is 5.55. The maximum Gasteiger partial charge on any atom is 0.353 e. The van der Waals surface area contributed by atoms with Gasteiger partial charge in [0.25, 0.3) is 0 Å². The zero-order chi connectivity index (χ0) is 7.49. The van der Waals surface area contributed by atoms with E-state index >= 15 is 0 Å². The van der Waals surface area contributed by atoms with Crippen molar-refractivity contribution in [1.29, 1.82) is 0 Å². The van der Waals surface area contributed by atoms with Gasteiger partial charge in [-0.2, -0.15) is 0 Å². The molecule has 0 saturated carbocycles. The van der Waals surface area contributed by atoms with Crippen molar-refractivity contribution in [2.24, 2.45) is 5.73 Å². The largest absolute Gasteiger partial charge is 0.466 e. The predicted octanol–water partition coefficient (Wildman–Crippen LogP) is -0.783. The van der Waals surface area contributed by atoms with Crippen LogP contribution in [0.3, 0.4) is 0 Å². The Morgan fingerprint density at radius 2 is 2.33 bits per heavy atom. The molecule has 0 amide bonds. The molecule has 0 saturated heterocycles. The summed E-state index contributed by atoms with van der Waals surface area (Å²) in [5, 5.41) is 8.89. The van der Waals surface area contributed by atoms with Gasteiger partial charge in [-0.3, -0.25) is 5.73 Å². The van der Waals surface area contributed by atoms with E-state index in [-0.39, 0.29) is 6.42 Å². The van der Waals surface area contributed by atoms with Crippen LogP contribution >= 0.6 is 0 Å². The van der Waals surface area contributed by atoms with Crippen LogP contribution in [-0.2, 0) is 9.53 Å². The number of hydrogen-bond donors (Lipinski definition) is 2. The van der Waals surface area contributed by atoms with Crippen LogP contribution in [0.5, 0.6) is 0 Å². The molecule has 0 aromatic rings. The Balaban J connectivity index is 3.97. The monoisotopic (exact) mass is 133 g/mol. The quantitative estimate of drug-likeness (QED) is 0.382. The van der Waals surface area contributed by atoms with Crippen molar-refractivity contribution in [1.82, 2.24) is 0 Å². The van der Waals surface area contributed by atoms with Crippen molar-refractivity contribution in [2.45, 2.75) is 19.1 Å². The van der Waals surface area contributed by atoms with Gasteiger partial charge in [0, 0.05) is 0 Å². The van der Waals surface area contributed by atoms with Crippen LogP contribution < -0.4 is 5.73 Å². The van der Waals surface area contributed by atoms with Crippen LogP contribution in [0, 0.1) is 0 Å². The molecule has 3 N–H and O–H groups in total. The molecule has 0 aromatic carbocycles. The van der Waals surface area contributed by atoms with Crippen LogP contribution in [-0.4, -0.2) is 23.9 Å². The van der Waals surface area contributed by atoms with Crippen LogP contribution in [0.2, 0.25) is 0 Å². The van der Waals surface area contributed by atoms with E-state index in [9.17, 15) is 4.79 Å². The van der Waals surface area contributed by atoms with Gasteiger partial charge in [0.05, 0.1) is 7.11 Å². The number of ether oxygens (including phenoxy) is 1. The first-order valence-corrected chi connectivity index (χ1v) is 2.64. The number of nitrogens with two attached hydrogens (primary N) is 1. The highest BCUT2D eigenvalue weighted by Gasteiger charge is 2.29. The fourth-order valence-corrected chi connectivity index (χ4v) is 0.321. The maximum atomic E-state index is 10.5. The van der Waals surface area contributed by atoms with E-state index < -0.39 is 11.7 Å². The fraction of sp³-hybridized carbons (Fsp3) is 0.800. The molecule has 9 heavy (non-hydrogen) atoms. The average Bonchev–Trinajstić information content (AvgIpc) is 1.86. The van der Waals surface area contributed by atoms with Gasteiger partial charge in [0.1, 0.15) is 0 Å². The van der Waals surface area contributed by atoms with Crippen LogP contribution in [0.15, 0.2) is 0 Å². The molecule has 0 bridgehead atoms. The second kappa shape index (κ2) is 2.80. The number of aliphatic hydroxyl groups is 1. The number of carbonyl (C=O) groups excluding carboxylic acids is 1. The highest BCUT2D eigenvalue weighted by molar-refractivity contribution is 5.78. The van der Waals surface area contributed by atoms with E-state index in [1.165, 1.54) is 7.11 Å². The molecule has 0 aliphatic carbocycles. The van der Waals surface area contributed by atoms with Crippen molar-refractivity contribution in [3.8, 4) is 0 Å². The first-order valence-electron chi connectivity index (χ1n) is 2.64. The summed E-state index contributed by atoms with van der Waals surface area (Å²) in [5.74, 6) is -0.801. The van der Waals surface area contributed by atoms with Crippen molar-refractivity contribution >= 4 is 5.97 Å². The molecule has 0 rings (SSSR count). The lowest BCUT2D eigenvalue weighted by Gasteiger charge is -2.16.